The van der Waals surface area contributed by atoms with E-state index in [1.165, 1.54) is 17.7 Å². The Morgan fingerprint density at radius 2 is 1.80 bits per heavy atom. The van der Waals surface area contributed by atoms with E-state index in [0.717, 1.165) is 19.6 Å². The van der Waals surface area contributed by atoms with Crippen LogP contribution in [0.2, 0.25) is 5.02 Å². The zero-order valence-corrected chi connectivity index (χ0v) is 14.7. The minimum Gasteiger partial charge on any atom is -0.507 e. The van der Waals surface area contributed by atoms with E-state index in [2.05, 4.69) is 29.2 Å². The zero-order valence-electron chi connectivity index (χ0n) is 13.9. The first-order chi connectivity index (χ1) is 12.1. The van der Waals surface area contributed by atoms with Crippen LogP contribution in [0.1, 0.15) is 15.9 Å². The Balaban J connectivity index is 1.52. The number of benzene rings is 2. The van der Waals surface area contributed by atoms with Crippen LogP contribution < -0.4 is 0 Å². The summed E-state index contributed by atoms with van der Waals surface area (Å²) >= 11 is 5.93. The predicted molar refractivity (Wildman–Crippen MR) is 101 cm³/mol. The number of amides is 1. The van der Waals surface area contributed by atoms with Crippen molar-refractivity contribution < 1.29 is 9.90 Å². The third-order valence-electron chi connectivity index (χ3n) is 4.32. The standard InChI is InChI=1S/C20H21ClN2O2/c21-17-8-9-19(24)18(15-17)20(25)23-13-11-22(12-14-23)10-4-7-16-5-2-1-3-6-16/h1-9,15,24H,10-14H2. The maximum Gasteiger partial charge on any atom is 0.257 e. The minimum absolute atomic E-state index is 0.0253. The summed E-state index contributed by atoms with van der Waals surface area (Å²) in [6.45, 7) is 3.77. The molecular weight excluding hydrogens is 336 g/mol. The van der Waals surface area contributed by atoms with Crippen LogP contribution in [0, 0.1) is 0 Å². The van der Waals surface area contributed by atoms with Gasteiger partial charge in [0.05, 0.1) is 5.56 Å². The summed E-state index contributed by atoms with van der Waals surface area (Å²) < 4.78 is 0. The van der Waals surface area contributed by atoms with Crippen LogP contribution in [-0.2, 0) is 0 Å². The Kier molecular flexibility index (Phi) is 5.74. The highest BCUT2D eigenvalue weighted by Crippen LogP contribution is 2.23. The summed E-state index contributed by atoms with van der Waals surface area (Å²) in [5.41, 5.74) is 1.46. The summed E-state index contributed by atoms with van der Waals surface area (Å²) in [5, 5.41) is 10.3. The molecule has 0 aromatic heterocycles. The molecule has 1 fully saturated rings. The predicted octanol–water partition coefficient (Wildman–Crippen LogP) is 3.52. The van der Waals surface area contributed by atoms with Crippen molar-refractivity contribution in [1.82, 2.24) is 9.80 Å². The summed E-state index contributed by atoms with van der Waals surface area (Å²) in [4.78, 5) is 16.6. The van der Waals surface area contributed by atoms with Crippen LogP contribution in [0.25, 0.3) is 6.08 Å². The summed E-state index contributed by atoms with van der Waals surface area (Å²) in [7, 11) is 0. The van der Waals surface area contributed by atoms with Crippen LogP contribution in [0.5, 0.6) is 5.75 Å². The third kappa shape index (κ3) is 4.62. The lowest BCUT2D eigenvalue weighted by molar-refractivity contribution is 0.0647. The maximum atomic E-state index is 12.6. The van der Waals surface area contributed by atoms with Crippen molar-refractivity contribution in [3.8, 4) is 5.75 Å². The van der Waals surface area contributed by atoms with Crippen molar-refractivity contribution in [3.63, 3.8) is 0 Å². The molecule has 0 aliphatic carbocycles. The molecule has 1 aliphatic rings. The van der Waals surface area contributed by atoms with Crippen molar-refractivity contribution in [1.29, 1.82) is 0 Å². The molecule has 1 heterocycles. The second-order valence-electron chi connectivity index (χ2n) is 6.07. The SMILES string of the molecule is O=C(c1cc(Cl)ccc1O)N1CCN(CC=Cc2ccccc2)CC1. The molecule has 1 amide bonds. The Labute approximate surface area is 152 Å². The van der Waals surface area contributed by atoms with E-state index in [-0.39, 0.29) is 17.2 Å². The smallest absolute Gasteiger partial charge is 0.257 e. The van der Waals surface area contributed by atoms with Gasteiger partial charge in [0.1, 0.15) is 5.75 Å². The lowest BCUT2D eigenvalue weighted by Crippen LogP contribution is -2.48. The minimum atomic E-state index is -0.167. The highest BCUT2D eigenvalue weighted by Gasteiger charge is 2.23. The molecule has 5 heteroatoms. The topological polar surface area (TPSA) is 43.8 Å². The van der Waals surface area contributed by atoms with Crippen LogP contribution in [0.3, 0.4) is 0 Å². The molecule has 2 aromatic rings. The molecule has 0 bridgehead atoms. The summed E-state index contributed by atoms with van der Waals surface area (Å²) in [6.07, 6.45) is 4.26. The van der Waals surface area contributed by atoms with Crippen molar-refractivity contribution in [2.45, 2.75) is 0 Å². The van der Waals surface area contributed by atoms with Crippen molar-refractivity contribution in [2.24, 2.45) is 0 Å². The number of hydrogen-bond donors (Lipinski definition) is 1. The van der Waals surface area contributed by atoms with Gasteiger partial charge in [-0.05, 0) is 23.8 Å². The number of phenols is 1. The Hall–Kier alpha value is -2.30. The number of nitrogens with zero attached hydrogens (tertiary/aromatic N) is 2. The molecule has 0 unspecified atom stereocenters. The van der Waals surface area contributed by atoms with E-state index in [4.69, 9.17) is 11.6 Å². The third-order valence-corrected chi connectivity index (χ3v) is 4.56. The van der Waals surface area contributed by atoms with E-state index in [0.29, 0.717) is 18.1 Å². The first-order valence-corrected chi connectivity index (χ1v) is 8.73. The van der Waals surface area contributed by atoms with Crippen LogP contribution >= 0.6 is 11.6 Å². The van der Waals surface area contributed by atoms with Gasteiger partial charge in [0, 0.05) is 37.7 Å². The molecule has 25 heavy (non-hydrogen) atoms. The Bertz CT molecular complexity index is 754. The van der Waals surface area contributed by atoms with E-state index < -0.39 is 0 Å². The molecule has 4 nitrogen and oxygen atoms in total. The monoisotopic (exact) mass is 356 g/mol. The van der Waals surface area contributed by atoms with E-state index in [9.17, 15) is 9.90 Å². The molecule has 0 radical (unpaired) electrons. The van der Waals surface area contributed by atoms with Gasteiger partial charge < -0.3 is 10.0 Å². The largest absolute Gasteiger partial charge is 0.507 e. The lowest BCUT2D eigenvalue weighted by Gasteiger charge is -2.34. The normalized spacial score (nSPS) is 15.6. The summed E-state index contributed by atoms with van der Waals surface area (Å²) in [6, 6.07) is 14.8. The molecule has 0 spiro atoms. The molecule has 0 saturated carbocycles. The fourth-order valence-electron chi connectivity index (χ4n) is 2.89. The van der Waals surface area contributed by atoms with Gasteiger partial charge in [0.25, 0.3) is 5.91 Å². The second kappa shape index (κ2) is 8.19. The number of hydrogen-bond acceptors (Lipinski definition) is 3. The molecule has 1 saturated heterocycles. The van der Waals surface area contributed by atoms with E-state index in [1.54, 1.807) is 11.0 Å². The molecular formula is C20H21ClN2O2. The molecule has 1 aliphatic heterocycles. The van der Waals surface area contributed by atoms with E-state index in [1.807, 2.05) is 18.2 Å². The zero-order chi connectivity index (χ0) is 17.6. The number of phenolic OH excluding ortho intramolecular Hbond substituents is 1. The quantitative estimate of drug-likeness (QED) is 0.911. The van der Waals surface area contributed by atoms with Crippen molar-refractivity contribution >= 4 is 23.6 Å². The van der Waals surface area contributed by atoms with Crippen LogP contribution in [0.4, 0.5) is 0 Å². The number of carbonyl (C=O) groups is 1. The molecule has 2 aromatic carbocycles. The molecule has 3 rings (SSSR count). The van der Waals surface area contributed by atoms with Gasteiger partial charge >= 0.3 is 0 Å². The van der Waals surface area contributed by atoms with Gasteiger partial charge in [-0.1, -0.05) is 54.1 Å². The van der Waals surface area contributed by atoms with Crippen molar-refractivity contribution in [2.75, 3.05) is 32.7 Å². The number of halogens is 1. The van der Waals surface area contributed by atoms with Crippen LogP contribution in [-0.4, -0.2) is 53.5 Å². The van der Waals surface area contributed by atoms with Gasteiger partial charge in [-0.3, -0.25) is 9.69 Å². The van der Waals surface area contributed by atoms with E-state index >= 15 is 0 Å². The number of carbonyl (C=O) groups excluding carboxylic acids is 1. The molecule has 1 N–H and O–H groups in total. The average Bonchev–Trinajstić information content (AvgIpc) is 2.65. The Morgan fingerprint density at radius 1 is 1.08 bits per heavy atom. The first-order valence-electron chi connectivity index (χ1n) is 8.35. The summed E-state index contributed by atoms with van der Waals surface area (Å²) in [5.74, 6) is -0.192. The Morgan fingerprint density at radius 3 is 2.52 bits per heavy atom. The van der Waals surface area contributed by atoms with Gasteiger partial charge in [0.2, 0.25) is 0 Å². The first kappa shape index (κ1) is 17.5. The van der Waals surface area contributed by atoms with Gasteiger partial charge in [-0.15, -0.1) is 0 Å². The molecule has 130 valence electrons. The van der Waals surface area contributed by atoms with Gasteiger partial charge in [-0.25, -0.2) is 0 Å². The average molecular weight is 357 g/mol. The van der Waals surface area contributed by atoms with Crippen molar-refractivity contribution in [3.05, 3.63) is 70.8 Å². The molecule has 0 atom stereocenters. The number of piperazine rings is 1. The number of aromatic hydroxyl groups is 1. The van der Waals surface area contributed by atoms with Gasteiger partial charge in [0.15, 0.2) is 0 Å². The highest BCUT2D eigenvalue weighted by atomic mass is 35.5. The van der Waals surface area contributed by atoms with Gasteiger partial charge in [-0.2, -0.15) is 0 Å². The fourth-order valence-corrected chi connectivity index (χ4v) is 3.06. The lowest BCUT2D eigenvalue weighted by atomic mass is 10.1. The van der Waals surface area contributed by atoms with Crippen LogP contribution in [0.15, 0.2) is 54.6 Å². The maximum absolute atomic E-state index is 12.6. The second-order valence-corrected chi connectivity index (χ2v) is 6.50. The number of rotatable bonds is 4. The fraction of sp³-hybridized carbons (Fsp3) is 0.250. The highest BCUT2D eigenvalue weighted by molar-refractivity contribution is 6.31.